The summed E-state index contributed by atoms with van der Waals surface area (Å²) in [4.78, 5) is 25.4. The van der Waals surface area contributed by atoms with Gasteiger partial charge in [0, 0.05) is 24.7 Å². The average molecular weight is 495 g/mol. The Morgan fingerprint density at radius 2 is 1.86 bits per heavy atom. The van der Waals surface area contributed by atoms with Gasteiger partial charge in [-0.3, -0.25) is 4.79 Å². The molecule has 5 aliphatic rings. The van der Waals surface area contributed by atoms with Crippen molar-refractivity contribution in [3.63, 3.8) is 0 Å². The van der Waals surface area contributed by atoms with Crippen LogP contribution in [-0.2, 0) is 6.18 Å². The Balaban J connectivity index is 1.57. The number of alkyl halides is 3. The molecule has 0 radical (unpaired) electrons. The summed E-state index contributed by atoms with van der Waals surface area (Å²) in [5, 5.41) is 8.42. The van der Waals surface area contributed by atoms with E-state index in [1.807, 2.05) is 0 Å². The molecule has 1 saturated heterocycles. The van der Waals surface area contributed by atoms with E-state index in [2.05, 4.69) is 4.74 Å². The van der Waals surface area contributed by atoms with Crippen LogP contribution in [-0.4, -0.2) is 34.5 Å². The second-order valence-electron chi connectivity index (χ2n) is 10.6. The Kier molecular flexibility index (Phi) is 4.75. The SMILES string of the molecule is NC12CCC(CC1)C1CN(c3c(F)cc4c(=O)c(OC(=O)O)cn(C5CC5)c4c3C(F)(F)F)CC12. The zero-order chi connectivity index (χ0) is 24.9. The van der Waals surface area contributed by atoms with E-state index in [-0.39, 0.29) is 31.0 Å². The highest BCUT2D eigenvalue weighted by atomic mass is 19.4. The van der Waals surface area contributed by atoms with Gasteiger partial charge in [0.1, 0.15) is 11.4 Å². The number of nitrogens with zero attached hydrogens (tertiary/aromatic N) is 2. The van der Waals surface area contributed by atoms with Crippen LogP contribution in [0.5, 0.6) is 5.75 Å². The molecule has 188 valence electrons. The molecule has 35 heavy (non-hydrogen) atoms. The number of fused-ring (bicyclic) bond motifs is 3. The number of pyridine rings is 1. The molecule has 0 amide bonds. The number of nitrogens with two attached hydrogens (primary N) is 1. The van der Waals surface area contributed by atoms with Gasteiger partial charge in [-0.05, 0) is 62.3 Å². The molecule has 7 nitrogen and oxygen atoms in total. The number of carboxylic acid groups (broad SMARTS) is 1. The van der Waals surface area contributed by atoms with Crippen molar-refractivity contribution in [3.05, 3.63) is 33.9 Å². The van der Waals surface area contributed by atoms with Gasteiger partial charge in [-0.2, -0.15) is 13.2 Å². The van der Waals surface area contributed by atoms with Crippen LogP contribution in [0.15, 0.2) is 17.1 Å². The van der Waals surface area contributed by atoms with Crippen LogP contribution in [0, 0.1) is 23.6 Å². The van der Waals surface area contributed by atoms with Crippen molar-refractivity contribution in [1.82, 2.24) is 4.57 Å². The predicted octanol–water partition coefficient (Wildman–Crippen LogP) is 4.50. The number of ether oxygens (including phenoxy) is 1. The number of halogens is 4. The highest BCUT2D eigenvalue weighted by Gasteiger charge is 2.56. The van der Waals surface area contributed by atoms with E-state index >= 15 is 4.39 Å². The average Bonchev–Trinajstić information content (AvgIpc) is 3.51. The lowest BCUT2D eigenvalue weighted by Gasteiger charge is -2.52. The Labute approximate surface area is 197 Å². The van der Waals surface area contributed by atoms with E-state index in [9.17, 15) is 22.8 Å². The number of hydrogen-bond donors (Lipinski definition) is 2. The van der Waals surface area contributed by atoms with Crippen LogP contribution in [0.4, 0.5) is 28.0 Å². The first-order chi connectivity index (χ1) is 16.5. The second kappa shape index (κ2) is 7.35. The summed E-state index contributed by atoms with van der Waals surface area (Å²) < 4.78 is 65.4. The van der Waals surface area contributed by atoms with Gasteiger partial charge in [0.05, 0.1) is 22.8 Å². The van der Waals surface area contributed by atoms with E-state index in [1.54, 1.807) is 0 Å². The summed E-state index contributed by atoms with van der Waals surface area (Å²) in [7, 11) is 0. The Hall–Kier alpha value is -2.82. The molecule has 1 aliphatic heterocycles. The first-order valence-electron chi connectivity index (χ1n) is 11.9. The van der Waals surface area contributed by atoms with Crippen molar-refractivity contribution in [1.29, 1.82) is 0 Å². The fraction of sp³-hybridized carbons (Fsp3) is 0.583. The monoisotopic (exact) mass is 495 g/mol. The number of aromatic nitrogens is 1. The van der Waals surface area contributed by atoms with Crippen molar-refractivity contribution in [2.75, 3.05) is 18.0 Å². The van der Waals surface area contributed by atoms with Crippen LogP contribution in [0.1, 0.15) is 50.1 Å². The smallest absolute Gasteiger partial charge is 0.449 e. The van der Waals surface area contributed by atoms with E-state index < -0.39 is 57.0 Å². The maximum absolute atomic E-state index is 15.6. The van der Waals surface area contributed by atoms with Crippen LogP contribution in [0.25, 0.3) is 10.9 Å². The molecule has 11 heteroatoms. The maximum Gasteiger partial charge on any atom is 0.511 e. The number of carbonyl (C=O) groups is 1. The molecule has 2 heterocycles. The molecular weight excluding hydrogens is 470 g/mol. The Morgan fingerprint density at radius 1 is 1.17 bits per heavy atom. The summed E-state index contributed by atoms with van der Waals surface area (Å²) in [5.74, 6) is -1.34. The highest BCUT2D eigenvalue weighted by molar-refractivity contribution is 5.90. The van der Waals surface area contributed by atoms with Crippen molar-refractivity contribution in [3.8, 4) is 5.75 Å². The summed E-state index contributed by atoms with van der Waals surface area (Å²) in [6.45, 7) is 0.519. The molecule has 2 unspecified atom stereocenters. The summed E-state index contributed by atoms with van der Waals surface area (Å²) in [6.07, 6.45) is -1.09. The molecular formula is C24H25F4N3O4. The summed E-state index contributed by atoms with van der Waals surface area (Å²) in [5.41, 5.74) is 2.95. The normalized spacial score (nSPS) is 30.1. The van der Waals surface area contributed by atoms with Crippen molar-refractivity contribution in [2.24, 2.45) is 23.5 Å². The van der Waals surface area contributed by atoms with Crippen molar-refractivity contribution >= 4 is 22.7 Å². The fourth-order valence-corrected chi connectivity index (χ4v) is 6.91. The molecule has 4 saturated carbocycles. The molecule has 0 spiro atoms. The first kappa shape index (κ1) is 22.6. The molecule has 2 aromatic rings. The van der Waals surface area contributed by atoms with Crippen LogP contribution in [0.2, 0.25) is 0 Å². The zero-order valence-electron chi connectivity index (χ0n) is 18.8. The Bertz CT molecular complexity index is 1290. The maximum atomic E-state index is 15.6. The minimum absolute atomic E-state index is 0.0110. The minimum Gasteiger partial charge on any atom is -0.449 e. The van der Waals surface area contributed by atoms with E-state index in [4.69, 9.17) is 10.8 Å². The topological polar surface area (TPSA) is 97.8 Å². The molecule has 2 atom stereocenters. The fourth-order valence-electron chi connectivity index (χ4n) is 6.91. The lowest BCUT2D eigenvalue weighted by Crippen LogP contribution is -2.58. The lowest BCUT2D eigenvalue weighted by molar-refractivity contribution is -0.136. The molecule has 4 aliphatic carbocycles. The van der Waals surface area contributed by atoms with Crippen LogP contribution in [0.3, 0.4) is 0 Å². The second-order valence-corrected chi connectivity index (χ2v) is 10.6. The van der Waals surface area contributed by atoms with Crippen LogP contribution < -0.4 is 20.8 Å². The van der Waals surface area contributed by atoms with Gasteiger partial charge in [-0.25, -0.2) is 9.18 Å². The summed E-state index contributed by atoms with van der Waals surface area (Å²) in [6, 6.07) is 0.433. The van der Waals surface area contributed by atoms with Crippen molar-refractivity contribution < 1.29 is 32.2 Å². The predicted molar refractivity (Wildman–Crippen MR) is 118 cm³/mol. The standard InChI is InChI=1S/C24H25F4N3O4/c25-16-7-13-19(31(12-1-2-12)10-17(21(13)32)35-22(33)34)18(24(26,27)28)20(16)30-8-14-11-3-5-23(29,6-4-11)15(14)9-30/h7,10-12,14-15H,1-6,8-9,29H2,(H,33,34). The zero-order valence-corrected chi connectivity index (χ0v) is 18.8. The third-order valence-corrected chi connectivity index (χ3v) is 8.62. The van der Waals surface area contributed by atoms with E-state index in [0.717, 1.165) is 37.9 Å². The molecule has 1 aromatic heterocycles. The highest BCUT2D eigenvalue weighted by Crippen LogP contribution is 2.55. The number of hydrogen-bond acceptors (Lipinski definition) is 5. The third-order valence-electron chi connectivity index (χ3n) is 8.62. The van der Waals surface area contributed by atoms with Crippen molar-refractivity contribution in [2.45, 2.75) is 56.3 Å². The van der Waals surface area contributed by atoms with Gasteiger partial charge < -0.3 is 25.0 Å². The molecule has 1 aromatic carbocycles. The molecule has 7 rings (SSSR count). The van der Waals surface area contributed by atoms with Gasteiger partial charge in [-0.15, -0.1) is 0 Å². The van der Waals surface area contributed by atoms with E-state index in [0.29, 0.717) is 18.8 Å². The van der Waals surface area contributed by atoms with Gasteiger partial charge in [0.25, 0.3) is 0 Å². The summed E-state index contributed by atoms with van der Waals surface area (Å²) >= 11 is 0. The van der Waals surface area contributed by atoms with Gasteiger partial charge >= 0.3 is 12.3 Å². The number of rotatable bonds is 3. The first-order valence-corrected chi connectivity index (χ1v) is 11.9. The van der Waals surface area contributed by atoms with Gasteiger partial charge in [0.2, 0.25) is 5.43 Å². The van der Waals surface area contributed by atoms with Crippen LogP contribution >= 0.6 is 0 Å². The quantitative estimate of drug-likeness (QED) is 0.481. The van der Waals surface area contributed by atoms with Gasteiger partial charge in [-0.1, -0.05) is 0 Å². The Morgan fingerprint density at radius 3 is 2.43 bits per heavy atom. The lowest BCUT2D eigenvalue weighted by atomic mass is 9.56. The minimum atomic E-state index is -4.96. The number of benzene rings is 1. The van der Waals surface area contributed by atoms with Gasteiger partial charge in [0.15, 0.2) is 5.75 Å². The molecule has 3 N–H and O–H groups in total. The largest absolute Gasteiger partial charge is 0.511 e. The molecule has 5 fully saturated rings. The van der Waals surface area contributed by atoms with E-state index in [1.165, 1.54) is 9.47 Å². The third kappa shape index (κ3) is 3.41. The molecule has 2 bridgehead atoms. The number of anilines is 1.